The van der Waals surface area contributed by atoms with Crippen LogP contribution < -0.4 is 0 Å². The third kappa shape index (κ3) is 2.32. The molecule has 0 atom stereocenters. The number of piperidine rings is 1. The first-order chi connectivity index (χ1) is 8.08. The fourth-order valence-electron chi connectivity index (χ4n) is 1.66. The van der Waals surface area contributed by atoms with Crippen molar-refractivity contribution in [2.45, 2.75) is 12.8 Å². The predicted octanol–water partition coefficient (Wildman–Crippen LogP) is 0.993. The Morgan fingerprint density at radius 1 is 1.35 bits per heavy atom. The molecule has 2 rings (SSSR count). The molecule has 1 aliphatic heterocycles. The molecule has 1 aromatic rings. The third-order valence-electron chi connectivity index (χ3n) is 2.59. The van der Waals surface area contributed by atoms with Gasteiger partial charge in [-0.2, -0.15) is 0 Å². The van der Waals surface area contributed by atoms with Gasteiger partial charge < -0.3 is 9.32 Å². The minimum absolute atomic E-state index is 0.0638. The van der Waals surface area contributed by atoms with Gasteiger partial charge in [0.2, 0.25) is 0 Å². The number of furan rings is 1. The van der Waals surface area contributed by atoms with E-state index >= 15 is 0 Å². The Bertz CT molecular complexity index is 469. The number of rotatable bonds is 2. The van der Waals surface area contributed by atoms with E-state index in [2.05, 4.69) is 0 Å². The van der Waals surface area contributed by atoms with Crippen molar-refractivity contribution >= 4 is 17.6 Å². The first-order valence-corrected chi connectivity index (χ1v) is 5.13. The number of carbonyl (C=O) groups is 2. The normalized spacial score (nSPS) is 16.0. The second kappa shape index (κ2) is 4.36. The standard InChI is InChI=1S/C10H10N2O5/c13-7-3-5-11(6-4-7)10(14)8-1-2-9(17-8)12(15)16/h1-2H,3-6H2. The van der Waals surface area contributed by atoms with E-state index in [1.54, 1.807) is 0 Å². The van der Waals surface area contributed by atoms with Crippen molar-refractivity contribution in [2.75, 3.05) is 13.1 Å². The van der Waals surface area contributed by atoms with Crippen molar-refractivity contribution in [3.05, 3.63) is 28.0 Å². The summed E-state index contributed by atoms with van der Waals surface area (Å²) in [5, 5.41) is 10.4. The molecule has 1 aromatic heterocycles. The van der Waals surface area contributed by atoms with E-state index in [0.29, 0.717) is 25.9 Å². The van der Waals surface area contributed by atoms with E-state index in [0.717, 1.165) is 6.07 Å². The highest BCUT2D eigenvalue weighted by Gasteiger charge is 2.25. The van der Waals surface area contributed by atoms with Crippen LogP contribution in [0.3, 0.4) is 0 Å². The Morgan fingerprint density at radius 2 is 2.00 bits per heavy atom. The average Bonchev–Trinajstić information content (AvgIpc) is 2.78. The SMILES string of the molecule is O=C1CCN(C(=O)c2ccc([N+](=O)[O-])o2)CC1. The first-order valence-electron chi connectivity index (χ1n) is 5.13. The Morgan fingerprint density at radius 3 is 2.53 bits per heavy atom. The smallest absolute Gasteiger partial charge is 0.395 e. The van der Waals surface area contributed by atoms with Gasteiger partial charge in [-0.05, 0) is 6.07 Å². The van der Waals surface area contributed by atoms with E-state index in [1.807, 2.05) is 0 Å². The predicted molar refractivity (Wildman–Crippen MR) is 55.5 cm³/mol. The number of hydrogen-bond donors (Lipinski definition) is 0. The zero-order chi connectivity index (χ0) is 12.4. The highest BCUT2D eigenvalue weighted by Crippen LogP contribution is 2.18. The van der Waals surface area contributed by atoms with Gasteiger partial charge in [-0.3, -0.25) is 19.7 Å². The van der Waals surface area contributed by atoms with E-state index in [1.165, 1.54) is 11.0 Å². The van der Waals surface area contributed by atoms with E-state index in [9.17, 15) is 19.7 Å². The summed E-state index contributed by atoms with van der Waals surface area (Å²) >= 11 is 0. The average molecular weight is 238 g/mol. The topological polar surface area (TPSA) is 93.7 Å². The molecule has 1 amide bonds. The zero-order valence-corrected chi connectivity index (χ0v) is 8.92. The lowest BCUT2D eigenvalue weighted by molar-refractivity contribution is -0.402. The molecule has 1 aliphatic rings. The summed E-state index contributed by atoms with van der Waals surface area (Å²) in [4.78, 5) is 34.0. The van der Waals surface area contributed by atoms with E-state index in [-0.39, 0.29) is 11.5 Å². The zero-order valence-electron chi connectivity index (χ0n) is 8.92. The minimum atomic E-state index is -0.698. The minimum Gasteiger partial charge on any atom is -0.395 e. The molecule has 7 nitrogen and oxygen atoms in total. The van der Waals surface area contributed by atoms with Crippen LogP contribution in [-0.2, 0) is 4.79 Å². The fourth-order valence-corrected chi connectivity index (χ4v) is 1.66. The molecule has 0 unspecified atom stereocenters. The maximum atomic E-state index is 11.8. The van der Waals surface area contributed by atoms with Crippen LogP contribution in [0, 0.1) is 10.1 Å². The van der Waals surface area contributed by atoms with Gasteiger partial charge in [0.15, 0.2) is 5.76 Å². The Hall–Kier alpha value is -2.18. The molecule has 90 valence electrons. The molecule has 17 heavy (non-hydrogen) atoms. The van der Waals surface area contributed by atoms with Crippen molar-refractivity contribution in [1.82, 2.24) is 4.90 Å². The molecule has 1 saturated heterocycles. The second-order valence-electron chi connectivity index (χ2n) is 3.73. The molecule has 0 spiro atoms. The number of amides is 1. The second-order valence-corrected chi connectivity index (χ2v) is 3.73. The third-order valence-corrected chi connectivity index (χ3v) is 2.59. The molecule has 0 radical (unpaired) electrons. The van der Waals surface area contributed by atoms with Crippen LogP contribution in [0.2, 0.25) is 0 Å². The van der Waals surface area contributed by atoms with Gasteiger partial charge in [0.1, 0.15) is 10.7 Å². The van der Waals surface area contributed by atoms with E-state index < -0.39 is 16.7 Å². The largest absolute Gasteiger partial charge is 0.433 e. The maximum absolute atomic E-state index is 11.8. The Labute approximate surface area is 96.1 Å². The van der Waals surface area contributed by atoms with Gasteiger partial charge in [0, 0.05) is 25.9 Å². The van der Waals surface area contributed by atoms with Gasteiger partial charge in [-0.25, -0.2) is 0 Å². The Kier molecular flexibility index (Phi) is 2.90. The van der Waals surface area contributed by atoms with Crippen molar-refractivity contribution in [2.24, 2.45) is 0 Å². The van der Waals surface area contributed by atoms with Gasteiger partial charge in [0.25, 0.3) is 5.91 Å². The van der Waals surface area contributed by atoms with Gasteiger partial charge in [-0.1, -0.05) is 0 Å². The number of nitrogens with zero attached hydrogens (tertiary/aromatic N) is 2. The van der Waals surface area contributed by atoms with Crippen LogP contribution in [0.4, 0.5) is 5.88 Å². The number of hydrogen-bond acceptors (Lipinski definition) is 5. The van der Waals surface area contributed by atoms with Crippen LogP contribution in [0.25, 0.3) is 0 Å². The number of likely N-dealkylation sites (tertiary alicyclic amines) is 1. The molecule has 0 aliphatic carbocycles. The number of ketones is 1. The monoisotopic (exact) mass is 238 g/mol. The molecule has 0 aromatic carbocycles. The summed E-state index contributed by atoms with van der Waals surface area (Å²) in [6.45, 7) is 0.679. The van der Waals surface area contributed by atoms with Gasteiger partial charge >= 0.3 is 5.88 Å². The van der Waals surface area contributed by atoms with Crippen LogP contribution in [0.1, 0.15) is 23.4 Å². The molecule has 2 heterocycles. The van der Waals surface area contributed by atoms with E-state index in [4.69, 9.17) is 4.42 Å². The van der Waals surface area contributed by atoms with Crippen LogP contribution in [0.5, 0.6) is 0 Å². The summed E-state index contributed by atoms with van der Waals surface area (Å²) in [6.07, 6.45) is 0.656. The van der Waals surface area contributed by atoms with Crippen molar-refractivity contribution in [3.8, 4) is 0 Å². The van der Waals surface area contributed by atoms with Crippen molar-refractivity contribution in [1.29, 1.82) is 0 Å². The molecule has 7 heteroatoms. The summed E-state index contributed by atoms with van der Waals surface area (Å²) in [5.41, 5.74) is 0. The maximum Gasteiger partial charge on any atom is 0.433 e. The quantitative estimate of drug-likeness (QED) is 0.565. The summed E-state index contributed by atoms with van der Waals surface area (Å²) in [6, 6.07) is 2.42. The highest BCUT2D eigenvalue weighted by molar-refractivity contribution is 5.93. The van der Waals surface area contributed by atoms with Crippen molar-refractivity contribution in [3.63, 3.8) is 0 Å². The number of nitro groups is 1. The molecule has 0 bridgehead atoms. The summed E-state index contributed by atoms with van der Waals surface area (Å²) in [7, 11) is 0. The van der Waals surface area contributed by atoms with Crippen LogP contribution in [0.15, 0.2) is 16.5 Å². The molecular weight excluding hydrogens is 228 g/mol. The molecule has 0 saturated carbocycles. The summed E-state index contributed by atoms with van der Waals surface area (Å²) < 4.78 is 4.81. The fraction of sp³-hybridized carbons (Fsp3) is 0.400. The van der Waals surface area contributed by atoms with Crippen molar-refractivity contribution < 1.29 is 18.9 Å². The highest BCUT2D eigenvalue weighted by atomic mass is 16.6. The summed E-state index contributed by atoms with van der Waals surface area (Å²) in [5.74, 6) is -0.808. The van der Waals surface area contributed by atoms with Gasteiger partial charge in [0.05, 0.1) is 6.07 Å². The molecular formula is C10H10N2O5. The molecule has 0 N–H and O–H groups in total. The lowest BCUT2D eigenvalue weighted by atomic mass is 10.1. The number of Topliss-reactive ketones (excluding diaryl/α,β-unsaturated/α-hetero) is 1. The van der Waals surface area contributed by atoms with Gasteiger partial charge in [-0.15, -0.1) is 0 Å². The molecule has 1 fully saturated rings. The Balaban J connectivity index is 2.08. The lowest BCUT2D eigenvalue weighted by Crippen LogP contribution is -2.38. The van der Waals surface area contributed by atoms with Crippen LogP contribution >= 0.6 is 0 Å². The first kappa shape index (κ1) is 11.3. The number of carbonyl (C=O) groups excluding carboxylic acids is 2. The van der Waals surface area contributed by atoms with Crippen LogP contribution in [-0.4, -0.2) is 34.6 Å². The lowest BCUT2D eigenvalue weighted by Gasteiger charge is -2.24.